The van der Waals surface area contributed by atoms with Crippen molar-refractivity contribution in [3.05, 3.63) is 58.1 Å². The zero-order valence-electron chi connectivity index (χ0n) is 10.3. The number of hydrogen-bond donors (Lipinski definition) is 1. The van der Waals surface area contributed by atoms with E-state index in [4.69, 9.17) is 4.74 Å². The van der Waals surface area contributed by atoms with Crippen LogP contribution in [0.1, 0.15) is 17.3 Å². The van der Waals surface area contributed by atoms with Crippen molar-refractivity contribution in [1.82, 2.24) is 4.98 Å². The first kappa shape index (κ1) is 13.0. The van der Waals surface area contributed by atoms with Crippen LogP contribution in [0, 0.1) is 5.82 Å². The molecule has 0 atom stereocenters. The van der Waals surface area contributed by atoms with E-state index in [1.165, 1.54) is 18.2 Å². The van der Waals surface area contributed by atoms with Gasteiger partial charge in [-0.15, -0.1) is 0 Å². The fourth-order valence-electron chi connectivity index (χ4n) is 1.64. The second-order valence-corrected chi connectivity index (χ2v) is 3.84. The molecule has 19 heavy (non-hydrogen) atoms. The quantitative estimate of drug-likeness (QED) is 0.863. The fraction of sp³-hybridized carbons (Fsp3) is 0.143. The van der Waals surface area contributed by atoms with E-state index in [2.05, 4.69) is 4.98 Å². The SMILES string of the molecule is CCOC(=O)c1ccc(-c2ccc(F)cc2)[nH]c1=O. The van der Waals surface area contributed by atoms with Crippen molar-refractivity contribution in [3.8, 4) is 11.3 Å². The van der Waals surface area contributed by atoms with E-state index in [1.807, 2.05) is 0 Å². The van der Waals surface area contributed by atoms with Crippen molar-refractivity contribution in [3.63, 3.8) is 0 Å². The van der Waals surface area contributed by atoms with Gasteiger partial charge in [-0.3, -0.25) is 4.79 Å². The van der Waals surface area contributed by atoms with Gasteiger partial charge in [0.05, 0.1) is 6.61 Å². The topological polar surface area (TPSA) is 59.2 Å². The van der Waals surface area contributed by atoms with E-state index in [0.29, 0.717) is 11.3 Å². The lowest BCUT2D eigenvalue weighted by Crippen LogP contribution is -2.19. The van der Waals surface area contributed by atoms with Crippen LogP contribution in [0.25, 0.3) is 11.3 Å². The molecule has 0 saturated heterocycles. The highest BCUT2D eigenvalue weighted by molar-refractivity contribution is 5.89. The monoisotopic (exact) mass is 261 g/mol. The molecule has 0 saturated carbocycles. The minimum absolute atomic E-state index is 0.0484. The molecule has 0 radical (unpaired) electrons. The van der Waals surface area contributed by atoms with E-state index in [0.717, 1.165) is 0 Å². The third kappa shape index (κ3) is 2.88. The zero-order chi connectivity index (χ0) is 13.8. The summed E-state index contributed by atoms with van der Waals surface area (Å²) in [7, 11) is 0. The van der Waals surface area contributed by atoms with Crippen LogP contribution in [0.2, 0.25) is 0 Å². The van der Waals surface area contributed by atoms with Crippen molar-refractivity contribution in [1.29, 1.82) is 0 Å². The summed E-state index contributed by atoms with van der Waals surface area (Å²) in [6.45, 7) is 1.87. The molecule has 2 aromatic rings. The maximum absolute atomic E-state index is 12.8. The largest absolute Gasteiger partial charge is 0.462 e. The number of carbonyl (C=O) groups excluding carboxylic acids is 1. The smallest absolute Gasteiger partial charge is 0.343 e. The fourth-order valence-corrected chi connectivity index (χ4v) is 1.64. The average molecular weight is 261 g/mol. The van der Waals surface area contributed by atoms with E-state index in [-0.39, 0.29) is 18.0 Å². The van der Waals surface area contributed by atoms with Gasteiger partial charge in [0.1, 0.15) is 11.4 Å². The molecule has 0 bridgehead atoms. The second-order valence-electron chi connectivity index (χ2n) is 3.84. The van der Waals surface area contributed by atoms with Gasteiger partial charge >= 0.3 is 5.97 Å². The Hall–Kier alpha value is -2.43. The van der Waals surface area contributed by atoms with Crippen molar-refractivity contribution in [2.75, 3.05) is 6.61 Å². The normalized spacial score (nSPS) is 10.2. The van der Waals surface area contributed by atoms with E-state index in [9.17, 15) is 14.0 Å². The molecule has 5 heteroatoms. The molecule has 1 heterocycles. The predicted molar refractivity (Wildman–Crippen MR) is 68.4 cm³/mol. The van der Waals surface area contributed by atoms with Crippen molar-refractivity contribution in [2.24, 2.45) is 0 Å². The number of H-pyrrole nitrogens is 1. The Morgan fingerprint density at radius 2 is 1.89 bits per heavy atom. The Balaban J connectivity index is 2.36. The number of pyridine rings is 1. The Morgan fingerprint density at radius 1 is 1.21 bits per heavy atom. The van der Waals surface area contributed by atoms with Gasteiger partial charge in [0, 0.05) is 5.69 Å². The van der Waals surface area contributed by atoms with Crippen LogP contribution in [0.5, 0.6) is 0 Å². The van der Waals surface area contributed by atoms with Crippen LogP contribution < -0.4 is 5.56 Å². The lowest BCUT2D eigenvalue weighted by molar-refractivity contribution is 0.0524. The van der Waals surface area contributed by atoms with Gasteiger partial charge in [-0.1, -0.05) is 0 Å². The summed E-state index contributed by atoms with van der Waals surface area (Å²) < 4.78 is 17.6. The molecule has 1 aromatic heterocycles. The molecule has 0 aliphatic rings. The maximum Gasteiger partial charge on any atom is 0.343 e. The first-order valence-corrected chi connectivity index (χ1v) is 5.78. The average Bonchev–Trinajstić information content (AvgIpc) is 2.39. The molecule has 98 valence electrons. The van der Waals surface area contributed by atoms with Crippen LogP contribution in [0.4, 0.5) is 4.39 Å². The molecule has 0 aliphatic carbocycles. The molecular formula is C14H12FNO3. The molecule has 0 aliphatic heterocycles. The van der Waals surface area contributed by atoms with Gasteiger partial charge in [-0.05, 0) is 48.9 Å². The molecule has 0 spiro atoms. The first-order valence-electron chi connectivity index (χ1n) is 5.78. The van der Waals surface area contributed by atoms with Crippen molar-refractivity contribution >= 4 is 5.97 Å². The van der Waals surface area contributed by atoms with E-state index in [1.54, 1.807) is 25.1 Å². The van der Waals surface area contributed by atoms with Crippen LogP contribution in [-0.2, 0) is 4.74 Å². The van der Waals surface area contributed by atoms with Crippen molar-refractivity contribution < 1.29 is 13.9 Å². The first-order chi connectivity index (χ1) is 9.11. The van der Waals surface area contributed by atoms with Crippen LogP contribution in [-0.4, -0.2) is 17.6 Å². The predicted octanol–water partition coefficient (Wildman–Crippen LogP) is 2.36. The number of rotatable bonds is 3. The molecule has 4 nitrogen and oxygen atoms in total. The molecule has 0 unspecified atom stereocenters. The van der Waals surface area contributed by atoms with Gasteiger partial charge in [-0.25, -0.2) is 9.18 Å². The third-order valence-electron chi connectivity index (χ3n) is 2.56. The number of benzene rings is 1. The third-order valence-corrected chi connectivity index (χ3v) is 2.56. The summed E-state index contributed by atoms with van der Waals surface area (Å²) >= 11 is 0. The Bertz CT molecular complexity index is 646. The van der Waals surface area contributed by atoms with E-state index < -0.39 is 11.5 Å². The number of hydrogen-bond acceptors (Lipinski definition) is 3. The van der Waals surface area contributed by atoms with Gasteiger partial charge in [0.2, 0.25) is 0 Å². The van der Waals surface area contributed by atoms with E-state index >= 15 is 0 Å². The molecule has 0 amide bonds. The summed E-state index contributed by atoms with van der Waals surface area (Å²) in [6.07, 6.45) is 0. The van der Waals surface area contributed by atoms with Crippen LogP contribution >= 0.6 is 0 Å². The minimum Gasteiger partial charge on any atom is -0.462 e. The molecule has 2 rings (SSSR count). The summed E-state index contributed by atoms with van der Waals surface area (Å²) in [5.41, 5.74) is 0.597. The Kier molecular flexibility index (Phi) is 3.75. The van der Waals surface area contributed by atoms with Crippen LogP contribution in [0.15, 0.2) is 41.2 Å². The number of nitrogens with one attached hydrogen (secondary N) is 1. The minimum atomic E-state index is -0.658. The molecular weight excluding hydrogens is 249 g/mol. The number of ether oxygens (including phenoxy) is 1. The molecule has 1 N–H and O–H groups in total. The standard InChI is InChI=1S/C14H12FNO3/c1-2-19-14(18)11-7-8-12(16-13(11)17)9-3-5-10(15)6-4-9/h3-8H,2H2,1H3,(H,16,17). The van der Waals surface area contributed by atoms with Gasteiger partial charge in [0.25, 0.3) is 5.56 Å². The number of esters is 1. The summed E-state index contributed by atoms with van der Waals surface area (Å²) in [6, 6.07) is 8.67. The van der Waals surface area contributed by atoms with Crippen molar-refractivity contribution in [2.45, 2.75) is 6.92 Å². The highest BCUT2D eigenvalue weighted by atomic mass is 19.1. The number of aromatic nitrogens is 1. The molecule has 0 fully saturated rings. The highest BCUT2D eigenvalue weighted by Crippen LogP contribution is 2.16. The summed E-state index contributed by atoms with van der Waals surface area (Å²) in [4.78, 5) is 25.8. The number of carbonyl (C=O) groups is 1. The summed E-state index contributed by atoms with van der Waals surface area (Å²) in [5, 5.41) is 0. The van der Waals surface area contributed by atoms with Crippen LogP contribution in [0.3, 0.4) is 0 Å². The summed E-state index contributed by atoms with van der Waals surface area (Å²) in [5.74, 6) is -1.01. The zero-order valence-corrected chi connectivity index (χ0v) is 10.3. The molecule has 1 aromatic carbocycles. The second kappa shape index (κ2) is 5.48. The Labute approximate surface area is 108 Å². The lowest BCUT2D eigenvalue weighted by atomic mass is 10.1. The lowest BCUT2D eigenvalue weighted by Gasteiger charge is -2.04. The van der Waals surface area contributed by atoms with Gasteiger partial charge in [0.15, 0.2) is 0 Å². The number of halogens is 1. The maximum atomic E-state index is 12.8. The van der Waals surface area contributed by atoms with Gasteiger partial charge < -0.3 is 9.72 Å². The Morgan fingerprint density at radius 3 is 2.47 bits per heavy atom. The van der Waals surface area contributed by atoms with Gasteiger partial charge in [-0.2, -0.15) is 0 Å². The highest BCUT2D eigenvalue weighted by Gasteiger charge is 2.12. The number of aromatic amines is 1.